The molecule has 0 saturated carbocycles. The molecule has 0 aliphatic carbocycles. The van der Waals surface area contributed by atoms with Crippen molar-refractivity contribution < 1.29 is 0 Å². The third-order valence-corrected chi connectivity index (χ3v) is 3.60. The van der Waals surface area contributed by atoms with Crippen molar-refractivity contribution >= 4 is 10.8 Å². The molecule has 0 unspecified atom stereocenters. The second-order valence-corrected chi connectivity index (χ2v) is 4.73. The molecular formula is C15H15N3O. The summed E-state index contributed by atoms with van der Waals surface area (Å²) in [5, 5.41) is 8.05. The van der Waals surface area contributed by atoms with Gasteiger partial charge >= 0.3 is 0 Å². The molecule has 4 heteroatoms. The van der Waals surface area contributed by atoms with Crippen molar-refractivity contribution in [2.75, 3.05) is 0 Å². The molecule has 0 atom stereocenters. The van der Waals surface area contributed by atoms with E-state index < -0.39 is 0 Å². The topological polar surface area (TPSA) is 50.7 Å². The van der Waals surface area contributed by atoms with E-state index in [-0.39, 0.29) is 5.56 Å². The van der Waals surface area contributed by atoms with E-state index in [1.54, 1.807) is 6.20 Å². The lowest BCUT2D eigenvalue weighted by Crippen LogP contribution is -2.08. The van der Waals surface area contributed by atoms with Crippen molar-refractivity contribution in [3.63, 3.8) is 0 Å². The fourth-order valence-corrected chi connectivity index (χ4v) is 2.57. The second-order valence-electron chi connectivity index (χ2n) is 4.73. The van der Waals surface area contributed by atoms with Crippen LogP contribution in [-0.4, -0.2) is 14.8 Å². The zero-order chi connectivity index (χ0) is 13.4. The third-order valence-electron chi connectivity index (χ3n) is 3.60. The summed E-state index contributed by atoms with van der Waals surface area (Å²) in [4.78, 5) is 11.9. The zero-order valence-electron chi connectivity index (χ0n) is 11.0. The minimum atomic E-state index is -0.120. The van der Waals surface area contributed by atoms with Crippen molar-refractivity contribution in [3.8, 4) is 0 Å². The van der Waals surface area contributed by atoms with E-state index in [4.69, 9.17) is 0 Å². The zero-order valence-corrected chi connectivity index (χ0v) is 11.0. The van der Waals surface area contributed by atoms with Crippen LogP contribution in [0, 0.1) is 13.8 Å². The fraction of sp³-hybridized carbons (Fsp3) is 0.200. The number of nitrogens with one attached hydrogen (secondary N) is 1. The van der Waals surface area contributed by atoms with Crippen molar-refractivity contribution in [1.82, 2.24) is 14.8 Å². The molecule has 0 bridgehead atoms. The normalized spacial score (nSPS) is 11.1. The highest BCUT2D eigenvalue weighted by Gasteiger charge is 2.13. The van der Waals surface area contributed by atoms with Crippen LogP contribution in [0.5, 0.6) is 0 Å². The Morgan fingerprint density at radius 2 is 1.89 bits per heavy atom. The molecule has 0 saturated heterocycles. The summed E-state index contributed by atoms with van der Waals surface area (Å²) < 4.78 is 2.16. The van der Waals surface area contributed by atoms with Crippen LogP contribution in [0.4, 0.5) is 0 Å². The van der Waals surface area contributed by atoms with E-state index in [2.05, 4.69) is 26.9 Å². The molecule has 1 N–H and O–H groups in total. The van der Waals surface area contributed by atoms with Crippen LogP contribution >= 0.6 is 0 Å². The predicted octanol–water partition coefficient (Wildman–Crippen LogP) is 2.39. The van der Waals surface area contributed by atoms with Gasteiger partial charge in [-0.3, -0.25) is 4.79 Å². The summed E-state index contributed by atoms with van der Waals surface area (Å²) in [6, 6.07) is 10.2. The van der Waals surface area contributed by atoms with E-state index >= 15 is 0 Å². The maximum Gasteiger partial charge on any atom is 0.273 e. The van der Waals surface area contributed by atoms with Gasteiger partial charge in [-0.1, -0.05) is 30.3 Å². The van der Waals surface area contributed by atoms with Crippen LogP contribution in [0.2, 0.25) is 0 Å². The lowest BCUT2D eigenvalue weighted by molar-refractivity contribution is 0.754. The second kappa shape index (κ2) is 4.39. The average Bonchev–Trinajstić information content (AvgIpc) is 2.66. The first-order valence-electron chi connectivity index (χ1n) is 6.25. The molecule has 0 spiro atoms. The maximum absolute atomic E-state index is 11.9. The molecule has 0 aliphatic rings. The Labute approximate surface area is 110 Å². The van der Waals surface area contributed by atoms with E-state index in [9.17, 15) is 4.79 Å². The molecule has 19 heavy (non-hydrogen) atoms. The number of hydrogen-bond donors (Lipinski definition) is 1. The smallest absolute Gasteiger partial charge is 0.273 e. The van der Waals surface area contributed by atoms with Gasteiger partial charge in [-0.25, -0.2) is 5.10 Å². The number of aromatic amines is 1. The number of nitrogens with zero attached hydrogens (tertiary/aromatic N) is 2. The lowest BCUT2D eigenvalue weighted by Gasteiger charge is -2.09. The van der Waals surface area contributed by atoms with Crippen LogP contribution in [0.25, 0.3) is 10.8 Å². The standard InChI is InChI=1S/C15H15N3O/c1-10-13-8-16-17-15(19)14(13)11(2)18(10)9-12-6-4-3-5-7-12/h3-8H,9H2,1-2H3,(H,17,19). The maximum atomic E-state index is 11.9. The average molecular weight is 253 g/mol. The first kappa shape index (κ1) is 11.7. The Morgan fingerprint density at radius 1 is 1.16 bits per heavy atom. The number of aryl methyl sites for hydroxylation is 2. The van der Waals surface area contributed by atoms with Gasteiger partial charge in [0.25, 0.3) is 5.56 Å². The van der Waals surface area contributed by atoms with Crippen molar-refractivity contribution in [2.45, 2.75) is 20.4 Å². The molecule has 2 aromatic heterocycles. The number of hydrogen-bond acceptors (Lipinski definition) is 2. The van der Waals surface area contributed by atoms with Gasteiger partial charge in [0.1, 0.15) is 0 Å². The number of rotatable bonds is 2. The Hall–Kier alpha value is -2.36. The Bertz CT molecular complexity index is 784. The molecule has 2 heterocycles. The Balaban J connectivity index is 2.20. The number of benzene rings is 1. The number of H-pyrrole nitrogens is 1. The van der Waals surface area contributed by atoms with Gasteiger partial charge in [-0.2, -0.15) is 5.10 Å². The van der Waals surface area contributed by atoms with Crippen LogP contribution in [-0.2, 0) is 6.54 Å². The number of fused-ring (bicyclic) bond motifs is 1. The highest BCUT2D eigenvalue weighted by atomic mass is 16.1. The van der Waals surface area contributed by atoms with Crippen molar-refractivity contribution in [1.29, 1.82) is 0 Å². The molecule has 96 valence electrons. The van der Waals surface area contributed by atoms with E-state index in [1.165, 1.54) is 5.56 Å². The molecule has 0 fully saturated rings. The van der Waals surface area contributed by atoms with Gasteiger partial charge in [0.15, 0.2) is 0 Å². The molecule has 1 aromatic carbocycles. The van der Waals surface area contributed by atoms with Crippen LogP contribution in [0.1, 0.15) is 17.0 Å². The first-order valence-corrected chi connectivity index (χ1v) is 6.25. The highest BCUT2D eigenvalue weighted by Crippen LogP contribution is 2.22. The Kier molecular flexibility index (Phi) is 2.71. The summed E-state index contributed by atoms with van der Waals surface area (Å²) in [6.07, 6.45) is 1.72. The summed E-state index contributed by atoms with van der Waals surface area (Å²) in [7, 11) is 0. The SMILES string of the molecule is Cc1c2cn[nH]c(=O)c2c(C)n1Cc1ccccc1. The third kappa shape index (κ3) is 1.85. The first-order chi connectivity index (χ1) is 9.18. The summed E-state index contributed by atoms with van der Waals surface area (Å²) in [5.74, 6) is 0. The van der Waals surface area contributed by atoms with E-state index in [0.29, 0.717) is 0 Å². The summed E-state index contributed by atoms with van der Waals surface area (Å²) in [6.45, 7) is 4.78. The van der Waals surface area contributed by atoms with Gasteiger partial charge in [-0.15, -0.1) is 0 Å². The highest BCUT2D eigenvalue weighted by molar-refractivity contribution is 5.86. The predicted molar refractivity (Wildman–Crippen MR) is 75.4 cm³/mol. The van der Waals surface area contributed by atoms with Gasteiger partial charge in [0, 0.05) is 23.3 Å². The van der Waals surface area contributed by atoms with Crippen molar-refractivity contribution in [3.05, 3.63) is 63.8 Å². The monoisotopic (exact) mass is 253 g/mol. The van der Waals surface area contributed by atoms with Crippen LogP contribution < -0.4 is 5.56 Å². The quantitative estimate of drug-likeness (QED) is 0.762. The van der Waals surface area contributed by atoms with Crippen LogP contribution in [0.15, 0.2) is 41.3 Å². The molecule has 0 radical (unpaired) electrons. The van der Waals surface area contributed by atoms with E-state index in [1.807, 2.05) is 32.0 Å². The molecule has 3 rings (SSSR count). The largest absolute Gasteiger partial charge is 0.343 e. The van der Waals surface area contributed by atoms with Crippen LogP contribution in [0.3, 0.4) is 0 Å². The van der Waals surface area contributed by atoms with Gasteiger partial charge in [0.05, 0.1) is 11.6 Å². The molecule has 0 aliphatic heterocycles. The Morgan fingerprint density at radius 3 is 2.58 bits per heavy atom. The molecule has 3 aromatic rings. The lowest BCUT2D eigenvalue weighted by atomic mass is 10.2. The minimum absolute atomic E-state index is 0.120. The minimum Gasteiger partial charge on any atom is -0.343 e. The fourth-order valence-electron chi connectivity index (χ4n) is 2.57. The summed E-state index contributed by atoms with van der Waals surface area (Å²) >= 11 is 0. The number of aromatic nitrogens is 3. The molecule has 4 nitrogen and oxygen atoms in total. The summed E-state index contributed by atoms with van der Waals surface area (Å²) in [5.41, 5.74) is 3.17. The van der Waals surface area contributed by atoms with Gasteiger partial charge in [0.2, 0.25) is 0 Å². The van der Waals surface area contributed by atoms with Gasteiger partial charge < -0.3 is 4.57 Å². The van der Waals surface area contributed by atoms with Gasteiger partial charge in [-0.05, 0) is 19.4 Å². The van der Waals surface area contributed by atoms with Crippen molar-refractivity contribution in [2.24, 2.45) is 0 Å². The molecular weight excluding hydrogens is 238 g/mol. The molecule has 0 amide bonds. The van der Waals surface area contributed by atoms with E-state index in [0.717, 1.165) is 28.7 Å².